The third-order valence-electron chi connectivity index (χ3n) is 22.0. The molecule has 51 nitrogen and oxygen atoms in total. The number of thiol groups is 1. The molecule has 9 saturated heterocycles. The van der Waals surface area contributed by atoms with Crippen molar-refractivity contribution in [1.29, 1.82) is 0 Å². The third-order valence-corrected chi connectivity index (χ3v) is 29.0. The fourth-order valence-electron chi connectivity index (χ4n) is 15.9. The van der Waals surface area contributed by atoms with Gasteiger partial charge in [-0.2, -0.15) is 0 Å². The molecule has 0 radical (unpaired) electrons. The molecule has 11 aliphatic rings. The van der Waals surface area contributed by atoms with E-state index < -0.39 is 264 Å². The largest absolute Gasteiger partial charge is 0.397 e. The van der Waals surface area contributed by atoms with E-state index in [0.29, 0.717) is 33.6 Å². The summed E-state index contributed by atoms with van der Waals surface area (Å²) in [5.74, 6) is -0.767. The zero-order valence-corrected chi connectivity index (χ0v) is 73.8. The van der Waals surface area contributed by atoms with Crippen molar-refractivity contribution in [3.63, 3.8) is 0 Å². The summed E-state index contributed by atoms with van der Waals surface area (Å²) in [6, 6.07) is 4.62. The highest BCUT2D eigenvalue weighted by atomic mass is 32.7. The highest BCUT2D eigenvalue weighted by Gasteiger charge is 2.59. The number of anilines is 4. The van der Waals surface area contributed by atoms with Gasteiger partial charge < -0.3 is 122 Å². The van der Waals surface area contributed by atoms with E-state index in [4.69, 9.17) is 141 Å². The zero-order chi connectivity index (χ0) is 94.6. The molecule has 21 heterocycles. The summed E-state index contributed by atoms with van der Waals surface area (Å²) in [6.07, 6.45) is -24.3. The number of amidine groups is 2. The van der Waals surface area contributed by atoms with Crippen LogP contribution in [0.2, 0.25) is 0 Å². The normalized spacial score (nSPS) is 38.8. The van der Waals surface area contributed by atoms with Gasteiger partial charge in [-0.05, 0) is 41.8 Å². The van der Waals surface area contributed by atoms with E-state index in [1.165, 1.54) is 91.5 Å². The van der Waals surface area contributed by atoms with Gasteiger partial charge >= 0.3 is 20.2 Å². The lowest BCUT2D eigenvalue weighted by Gasteiger charge is -2.31. The number of carbonyl (C=O) groups excluding carboxylic acids is 2. The van der Waals surface area contributed by atoms with Crippen LogP contribution in [0.5, 0.6) is 0 Å². The van der Waals surface area contributed by atoms with Crippen LogP contribution in [0.3, 0.4) is 0 Å². The summed E-state index contributed by atoms with van der Waals surface area (Å²) in [7, 11) is -15.3. The number of nitrogens with two attached hydrogens (primary N) is 6. The fraction of sp³-hybridized carbons (Fsp3) is 0.492. The zero-order valence-electron chi connectivity index (χ0n) is 65.9. The number of ketones is 2. The second-order valence-corrected chi connectivity index (χ2v) is 41.3. The number of aromatic nitrogens is 17. The Bertz CT molecular complexity index is 6310. The predicted octanol–water partition coefficient (Wildman–Crippen LogP) is 2.16. The average molecular weight is 2050 g/mol. The molecular formula is C65H77B3F6N25O26P6S3-3. The lowest BCUT2D eigenvalue weighted by atomic mass is 10.1. The minimum atomic E-state index is -4.39. The summed E-state index contributed by atoms with van der Waals surface area (Å²) in [5, 5.41) is 0. The quantitative estimate of drug-likeness (QED) is 0.0498. The van der Waals surface area contributed by atoms with E-state index in [0.717, 1.165) is 10.9 Å². The number of ether oxygens (including phenoxy) is 6. The molecule has 0 spiro atoms. The molecule has 14 N–H and O–H groups in total. The van der Waals surface area contributed by atoms with Gasteiger partial charge in [0.25, 0.3) is 0 Å². The number of carbonyl (C=O) groups is 2. The van der Waals surface area contributed by atoms with Crippen molar-refractivity contribution in [2.45, 2.75) is 160 Å². The molecule has 9 unspecified atom stereocenters. The summed E-state index contributed by atoms with van der Waals surface area (Å²) in [6.45, 7) is -16.1. The molecule has 11 aliphatic heterocycles. The molecule has 0 aromatic carbocycles. The van der Waals surface area contributed by atoms with Crippen LogP contribution in [0.25, 0.3) is 44.7 Å². The van der Waals surface area contributed by atoms with Crippen LogP contribution >= 0.6 is 54.9 Å². The molecule has 30 atom stereocenters. The van der Waals surface area contributed by atoms with E-state index in [1.54, 1.807) is 6.07 Å². The van der Waals surface area contributed by atoms with Crippen molar-refractivity contribution < 1.29 is 147 Å². The number of hydrogen-bond donors (Lipinski definition) is 9. The lowest BCUT2D eigenvalue weighted by Crippen LogP contribution is -2.37. The van der Waals surface area contributed by atoms with Crippen LogP contribution < -0.4 is 34.4 Å². The molecule has 69 heteroatoms. The lowest BCUT2D eigenvalue weighted by molar-refractivity contribution is -0.0568. The van der Waals surface area contributed by atoms with E-state index in [1.807, 2.05) is 0 Å². The van der Waals surface area contributed by atoms with E-state index >= 15 is 26.3 Å². The number of aliphatic imine (C=N–C) groups is 2. The molecule has 10 aromatic rings. The Morgan fingerprint density at radius 3 is 0.985 bits per heavy atom. The van der Waals surface area contributed by atoms with Crippen molar-refractivity contribution in [2.24, 2.45) is 21.5 Å². The molecular weight excluding hydrogens is 1980 g/mol. The monoisotopic (exact) mass is 2050 g/mol. The van der Waals surface area contributed by atoms with Crippen LogP contribution in [0.4, 0.5) is 60.9 Å². The summed E-state index contributed by atoms with van der Waals surface area (Å²) in [5.41, 5.74) is 38.3. The van der Waals surface area contributed by atoms with Gasteiger partial charge in [0.2, 0.25) is 0 Å². The van der Waals surface area contributed by atoms with Gasteiger partial charge in [0.15, 0.2) is 137 Å². The molecule has 0 aliphatic carbocycles. The van der Waals surface area contributed by atoms with Gasteiger partial charge in [0, 0.05) is 18.6 Å². The Labute approximate surface area is 765 Å². The molecule has 21 rings (SSSR count). The van der Waals surface area contributed by atoms with E-state index in [9.17, 15) is 37.6 Å². The summed E-state index contributed by atoms with van der Waals surface area (Å²) in [4.78, 5) is 100. The summed E-state index contributed by atoms with van der Waals surface area (Å²) < 4.78 is 261. The minimum absolute atomic E-state index is 0.00257. The molecule has 134 heavy (non-hydrogen) atoms. The number of hydrogen-bond acceptors (Lipinski definition) is 45. The van der Waals surface area contributed by atoms with Gasteiger partial charge in [-0.15, -0.1) is 0 Å². The predicted molar refractivity (Wildman–Crippen MR) is 470 cm³/mol. The Morgan fingerprint density at radius 1 is 0.373 bits per heavy atom. The van der Waals surface area contributed by atoms with Crippen molar-refractivity contribution in [2.75, 3.05) is 62.6 Å². The second kappa shape index (κ2) is 36.3. The topological polar surface area (TPSA) is 661 Å². The van der Waals surface area contributed by atoms with Crippen LogP contribution in [0, 0.1) is 0 Å². The van der Waals surface area contributed by atoms with Gasteiger partial charge in [0.05, 0.1) is 130 Å². The highest BCUT2D eigenvalue weighted by molar-refractivity contribution is 8.44. The smallest absolute Gasteiger partial charge is 0.386 e. The van der Waals surface area contributed by atoms with E-state index in [-0.39, 0.29) is 81.5 Å². The Balaban J connectivity index is 0.000000129. The number of nitrogen functional groups attached to an aromatic ring is 4. The number of pyridine rings is 3. The molecule has 0 amide bonds. The molecule has 720 valence electrons. The number of halogens is 6. The number of alkyl halides is 6. The first-order chi connectivity index (χ1) is 63.6. The number of nitrogens with zero attached hydrogens (tertiary/aromatic N) is 19. The maximum Gasteiger partial charge on any atom is 0.386 e. The van der Waals surface area contributed by atoms with Crippen molar-refractivity contribution in [1.82, 2.24) is 82.2 Å². The van der Waals surface area contributed by atoms with E-state index in [2.05, 4.69) is 77.1 Å². The SMILES string of the molecule is [BH3-]P1(=O)OCC2O[C@@H](n3cnc4c(N)ccnc43)[C@H](F)[C@@H]2OP(O)(=S)OC[C@H]2O[C@@H](n3cnc4c3N=C(N)CC4=O)[C@H](F)[C@@H]2O1.[BH3-]P1(=O)OC[C@H]2O[C@@H](n3cnc4c(N)ncnc43)[C@H](F)[C@@H]2OP(O)(=S)OCC2O[C@@H](n3cnc4c(N)ccnc43)[C@H](F)[C@@H]2O1.[BH3-]P1(=O)OC[C@H]2O[C@@H](n3cnc4c3N=C(N)CC4=O)[C@H](F)[C@@H]2OP(=O)(S)OCC2O[C@@H](n3cnc4c(N)ccnc43)[C@H](F)[C@@H]2O1. The van der Waals surface area contributed by atoms with Crippen LogP contribution in [0.15, 0.2) is 91.1 Å². The maximum atomic E-state index is 16.1. The number of Topliss-reactive ketones (excluding diaryl/α,β-unsaturated/α-hetero) is 2. The number of imidazole rings is 6. The third kappa shape index (κ3) is 18.3. The number of fused-ring (bicyclic) bond motifs is 12. The maximum absolute atomic E-state index is 16.1. The van der Waals surface area contributed by atoms with Gasteiger partial charge in [-0.1, -0.05) is 12.2 Å². The minimum Gasteiger partial charge on any atom is -0.397 e. The average Bonchev–Trinajstić information content (AvgIpc) is 1.64. The van der Waals surface area contributed by atoms with Gasteiger partial charge in [-0.3, -0.25) is 55.1 Å². The van der Waals surface area contributed by atoms with Crippen molar-refractivity contribution in [3.05, 3.63) is 92.5 Å². The highest BCUT2D eigenvalue weighted by Crippen LogP contribution is 2.62. The fourth-order valence-corrected chi connectivity index (χ4v) is 22.6. The Hall–Kier alpha value is -8.15. The van der Waals surface area contributed by atoms with Crippen LogP contribution in [0.1, 0.15) is 71.2 Å². The summed E-state index contributed by atoms with van der Waals surface area (Å²) >= 11 is 14.4. The molecule has 0 bridgehead atoms. The van der Waals surface area contributed by atoms with Crippen LogP contribution in [-0.4, -0.2) is 288 Å². The van der Waals surface area contributed by atoms with Crippen LogP contribution in [-0.2, 0) is 125 Å². The first-order valence-electron chi connectivity index (χ1n) is 38.7. The van der Waals surface area contributed by atoms with Crippen molar-refractivity contribution in [3.8, 4) is 0 Å². The standard InChI is InChI=1S/2C22H26BF2N8O9P2S.C21H25BF2N9O8P2S/c23-43(35)37-4-10-18(14(25)21(39-10)32-6-29-15-8(26)1-2-28-19(15)32)42-44(36,45)38-5-11-17(41-43)13(24)22(40-11)33-7-30-16-9(34)3-12(27)31-20(16)33;23-43(35)37-4-10-18(14(25)22(39-10)33-7-30-16-9(34)3-12(27)31-20(16)33)42-44(36,45)38-5-11-17(41-43)13(24)21(40-11)32-6-29-15-8(26)1-2-28-19(15)32;22-42(34)36-3-9-16(12(24)21(38-9)33-7-31-14-17(26)28-5-29-19(14)33)41-43(35,44)37-4-10-15(40-42)11(23)20(39-10)32-6-30-13-8(25)1-2-27-18(13)32/h2*1-2,6-7,10-11,13-14,17-18,21-22H,3-5H2,23H3,(H2,26,28)(H2,27,31)(H,36,45);1-2,5-7,9-12,15-16,20-21H,3-4H2,22H3,(H2,25,27)(H,35,44)(H2,26,28,29)/q3*-1/t10?,11-,13-,14-,17-,18-,21-,22-,43?,44?;10-,11?,13-,14-,17-,18-,21-,22-,43?,44?;9-,10?,11-,12-,15-,16-,20-,21-,42?,43?/m111/s1. The molecule has 9 fully saturated rings. The van der Waals surface area contributed by atoms with Crippen molar-refractivity contribution >= 4 is 204 Å². The van der Waals surface area contributed by atoms with Gasteiger partial charge in [-0.25, -0.2) is 95.7 Å². The Morgan fingerprint density at radius 2 is 0.649 bits per heavy atom. The molecule has 10 aromatic heterocycles. The first kappa shape index (κ1) is 94.8. The first-order valence-corrected chi connectivity index (χ1v) is 49.8. The Kier molecular flexibility index (Phi) is 25.6. The molecule has 0 saturated carbocycles. The second-order valence-electron chi connectivity index (χ2n) is 30.1. The number of rotatable bonds is 6. The van der Waals surface area contributed by atoms with Gasteiger partial charge in [0.1, 0.15) is 136 Å².